The molecule has 3 nitrogen and oxygen atoms in total. The van der Waals surface area contributed by atoms with Crippen molar-refractivity contribution in [2.24, 2.45) is 0 Å². The third kappa shape index (κ3) is 2.30. The van der Waals surface area contributed by atoms with Crippen molar-refractivity contribution in [1.82, 2.24) is 0 Å². The van der Waals surface area contributed by atoms with Crippen molar-refractivity contribution in [2.45, 2.75) is 0 Å². The van der Waals surface area contributed by atoms with Crippen LogP contribution in [0.4, 0.5) is 5.69 Å². The predicted octanol–water partition coefficient (Wildman–Crippen LogP) is 2.54. The number of nitrogens with zero attached hydrogens (tertiary/aromatic N) is 1. The summed E-state index contributed by atoms with van der Waals surface area (Å²) in [4.78, 5) is 9.85. The van der Waals surface area contributed by atoms with Crippen LogP contribution in [0.25, 0.3) is 0 Å². The first-order valence-electron chi connectivity index (χ1n) is 3.37. The topological polar surface area (TPSA) is 43.1 Å². The van der Waals surface area contributed by atoms with Gasteiger partial charge in [-0.2, -0.15) is 0 Å². The molecule has 1 radical (unpaired) electrons. The Kier molecular flexibility index (Phi) is 3.22. The minimum atomic E-state index is -0.405. The molecule has 0 atom stereocenters. The molecule has 0 heterocycles. The molecule has 0 spiro atoms. The van der Waals surface area contributed by atoms with Crippen molar-refractivity contribution in [3.8, 4) is 0 Å². The zero-order valence-electron chi connectivity index (χ0n) is 6.24. The van der Waals surface area contributed by atoms with Gasteiger partial charge in [-0.1, -0.05) is 28.1 Å². The number of benzene rings is 1. The van der Waals surface area contributed by atoms with Crippen LogP contribution in [0.15, 0.2) is 24.3 Å². The summed E-state index contributed by atoms with van der Waals surface area (Å²) in [6.45, 7) is 0. The van der Waals surface area contributed by atoms with Crippen LogP contribution in [-0.4, -0.2) is 10.3 Å². The molecule has 0 aliphatic carbocycles. The quantitative estimate of drug-likeness (QED) is 0.454. The molecule has 1 aromatic rings. The molecular weight excluding hydrogens is 222 g/mol. The molecule has 0 saturated carbocycles. The van der Waals surface area contributed by atoms with E-state index in [-0.39, 0.29) is 5.69 Å². The van der Waals surface area contributed by atoms with E-state index in [9.17, 15) is 10.1 Å². The lowest BCUT2D eigenvalue weighted by atomic mass is 10.2. The highest BCUT2D eigenvalue weighted by molar-refractivity contribution is 9.09. The number of rotatable bonds is 3. The molecule has 0 aromatic heterocycles. The number of nitro benzene ring substituents is 1. The summed E-state index contributed by atoms with van der Waals surface area (Å²) < 4.78 is 0. The summed E-state index contributed by atoms with van der Waals surface area (Å²) in [5.74, 6) is 0. The molecule has 1 rings (SSSR count). The van der Waals surface area contributed by atoms with Gasteiger partial charge in [-0.15, -0.1) is 0 Å². The second-order valence-electron chi connectivity index (χ2n) is 2.21. The SMILES string of the molecule is O=[N+]([O-])c1ccc([CH]CBr)cc1. The van der Waals surface area contributed by atoms with E-state index in [1.165, 1.54) is 12.1 Å². The van der Waals surface area contributed by atoms with Gasteiger partial charge in [0.1, 0.15) is 0 Å². The molecule has 12 heavy (non-hydrogen) atoms. The summed E-state index contributed by atoms with van der Waals surface area (Å²) in [6.07, 6.45) is 1.93. The molecule has 0 aliphatic heterocycles. The lowest BCUT2D eigenvalue weighted by Crippen LogP contribution is -1.88. The molecule has 0 unspecified atom stereocenters. The molecule has 0 amide bonds. The molecule has 63 valence electrons. The van der Waals surface area contributed by atoms with Crippen LogP contribution in [-0.2, 0) is 0 Å². The van der Waals surface area contributed by atoms with Gasteiger partial charge in [0.2, 0.25) is 0 Å². The maximum atomic E-state index is 10.3. The average Bonchev–Trinajstić information content (AvgIpc) is 2.06. The Bertz CT molecular complexity index is 271. The fourth-order valence-corrected chi connectivity index (χ4v) is 1.20. The highest BCUT2D eigenvalue weighted by atomic mass is 79.9. The lowest BCUT2D eigenvalue weighted by molar-refractivity contribution is -0.384. The van der Waals surface area contributed by atoms with Crippen molar-refractivity contribution in [2.75, 3.05) is 5.33 Å². The van der Waals surface area contributed by atoms with E-state index >= 15 is 0 Å². The molecule has 0 fully saturated rings. The number of hydrogen-bond donors (Lipinski definition) is 0. The van der Waals surface area contributed by atoms with Gasteiger partial charge in [-0.05, 0) is 5.56 Å². The fourth-order valence-electron chi connectivity index (χ4n) is 0.821. The number of hydrogen-bond acceptors (Lipinski definition) is 2. The highest BCUT2D eigenvalue weighted by Gasteiger charge is 2.02. The number of alkyl halides is 1. The highest BCUT2D eigenvalue weighted by Crippen LogP contribution is 2.13. The van der Waals surface area contributed by atoms with Gasteiger partial charge in [0, 0.05) is 23.9 Å². The van der Waals surface area contributed by atoms with Gasteiger partial charge in [-0.25, -0.2) is 0 Å². The van der Waals surface area contributed by atoms with Crippen LogP contribution in [0.1, 0.15) is 5.56 Å². The second kappa shape index (κ2) is 4.21. The van der Waals surface area contributed by atoms with E-state index in [4.69, 9.17) is 0 Å². The molecule has 1 aromatic carbocycles. The molecule has 0 bridgehead atoms. The largest absolute Gasteiger partial charge is 0.269 e. The van der Waals surface area contributed by atoms with Gasteiger partial charge in [-0.3, -0.25) is 10.1 Å². The minimum Gasteiger partial charge on any atom is -0.258 e. The van der Waals surface area contributed by atoms with Gasteiger partial charge < -0.3 is 0 Å². The summed E-state index contributed by atoms with van der Waals surface area (Å²) in [7, 11) is 0. The van der Waals surface area contributed by atoms with E-state index in [2.05, 4.69) is 15.9 Å². The minimum absolute atomic E-state index is 0.127. The maximum absolute atomic E-state index is 10.3. The molecule has 4 heteroatoms. The average molecular weight is 229 g/mol. The van der Waals surface area contributed by atoms with Crippen LogP contribution in [0.2, 0.25) is 0 Å². The van der Waals surface area contributed by atoms with Crippen LogP contribution < -0.4 is 0 Å². The van der Waals surface area contributed by atoms with Crippen LogP contribution in [0.5, 0.6) is 0 Å². The monoisotopic (exact) mass is 228 g/mol. The van der Waals surface area contributed by atoms with Crippen molar-refractivity contribution < 1.29 is 4.92 Å². The summed E-state index contributed by atoms with van der Waals surface area (Å²) in [6, 6.07) is 6.43. The third-order valence-electron chi connectivity index (χ3n) is 1.42. The Morgan fingerprint density at radius 2 is 2.00 bits per heavy atom. The van der Waals surface area contributed by atoms with Crippen LogP contribution in [0.3, 0.4) is 0 Å². The Labute approximate surface area is 78.7 Å². The molecule has 0 N–H and O–H groups in total. The first-order chi connectivity index (χ1) is 5.74. The van der Waals surface area contributed by atoms with E-state index in [1.54, 1.807) is 12.1 Å². The standard InChI is InChI=1S/C8H7BrNO2/c9-6-5-7-1-3-8(4-2-7)10(11)12/h1-5H,6H2. The fraction of sp³-hybridized carbons (Fsp3) is 0.125. The van der Waals surface area contributed by atoms with E-state index in [1.807, 2.05) is 6.42 Å². The van der Waals surface area contributed by atoms with Gasteiger partial charge in [0.15, 0.2) is 0 Å². The predicted molar refractivity (Wildman–Crippen MR) is 50.3 cm³/mol. The Morgan fingerprint density at radius 3 is 2.42 bits per heavy atom. The van der Waals surface area contributed by atoms with E-state index in [0.717, 1.165) is 10.9 Å². The normalized spacial score (nSPS) is 9.75. The number of nitro groups is 1. The van der Waals surface area contributed by atoms with E-state index < -0.39 is 4.92 Å². The second-order valence-corrected chi connectivity index (χ2v) is 2.85. The molecule has 0 saturated heterocycles. The van der Waals surface area contributed by atoms with Crippen molar-refractivity contribution in [1.29, 1.82) is 0 Å². The van der Waals surface area contributed by atoms with Crippen molar-refractivity contribution >= 4 is 21.6 Å². The van der Waals surface area contributed by atoms with Gasteiger partial charge in [0.05, 0.1) is 4.92 Å². The molecular formula is C8H7BrNO2. The first kappa shape index (κ1) is 9.19. The smallest absolute Gasteiger partial charge is 0.258 e. The Morgan fingerprint density at radius 1 is 1.42 bits per heavy atom. The van der Waals surface area contributed by atoms with Crippen molar-refractivity contribution in [3.63, 3.8) is 0 Å². The first-order valence-corrected chi connectivity index (χ1v) is 4.50. The summed E-state index contributed by atoms with van der Waals surface area (Å²) in [5.41, 5.74) is 1.11. The zero-order valence-corrected chi connectivity index (χ0v) is 7.82. The summed E-state index contributed by atoms with van der Waals surface area (Å²) >= 11 is 3.24. The number of non-ortho nitro benzene ring substituents is 1. The Balaban J connectivity index is 2.78. The third-order valence-corrected chi connectivity index (χ3v) is 1.74. The summed E-state index contributed by atoms with van der Waals surface area (Å²) in [5, 5.41) is 11.0. The molecule has 0 aliphatic rings. The van der Waals surface area contributed by atoms with Gasteiger partial charge in [0.25, 0.3) is 5.69 Å². The zero-order chi connectivity index (χ0) is 8.97. The van der Waals surface area contributed by atoms with Crippen LogP contribution in [0, 0.1) is 16.5 Å². The number of halogens is 1. The lowest BCUT2D eigenvalue weighted by Gasteiger charge is -1.95. The van der Waals surface area contributed by atoms with Crippen molar-refractivity contribution in [3.05, 3.63) is 46.4 Å². The van der Waals surface area contributed by atoms with Gasteiger partial charge >= 0.3 is 0 Å². The van der Waals surface area contributed by atoms with Crippen LogP contribution >= 0.6 is 15.9 Å². The van der Waals surface area contributed by atoms with E-state index in [0.29, 0.717) is 0 Å². The Hall–Kier alpha value is -0.900. The maximum Gasteiger partial charge on any atom is 0.269 e.